The maximum atomic E-state index is 15.5. The molecule has 0 unspecified atom stereocenters. The number of hydrogen-bond acceptors (Lipinski definition) is 4. The number of aromatic nitrogens is 2. The minimum absolute atomic E-state index is 0.129. The van der Waals surface area contributed by atoms with Crippen LogP contribution in [0, 0.1) is 5.82 Å². The molecule has 35 heavy (non-hydrogen) atoms. The van der Waals surface area contributed by atoms with Gasteiger partial charge >= 0.3 is 0 Å². The summed E-state index contributed by atoms with van der Waals surface area (Å²) >= 11 is 0. The van der Waals surface area contributed by atoms with Crippen molar-refractivity contribution in [2.75, 3.05) is 45.9 Å². The molecule has 0 bridgehead atoms. The molecular formula is C27H30F2N4O2. The van der Waals surface area contributed by atoms with E-state index in [9.17, 15) is 9.18 Å². The minimum Gasteiger partial charge on any atom is -0.379 e. The first-order valence-electron chi connectivity index (χ1n) is 12.1. The van der Waals surface area contributed by atoms with Gasteiger partial charge in [-0.25, -0.2) is 13.8 Å². The lowest BCUT2D eigenvalue weighted by Gasteiger charge is -2.40. The lowest BCUT2D eigenvalue weighted by molar-refractivity contribution is -0.0151. The van der Waals surface area contributed by atoms with Crippen molar-refractivity contribution < 1.29 is 18.3 Å². The van der Waals surface area contributed by atoms with Crippen molar-refractivity contribution in [1.82, 2.24) is 19.4 Å². The number of imidazole rings is 1. The zero-order valence-electron chi connectivity index (χ0n) is 19.7. The fourth-order valence-electron chi connectivity index (χ4n) is 4.97. The molecule has 0 atom stereocenters. The number of nitrogens with zero attached hydrogens (tertiary/aromatic N) is 4. The van der Waals surface area contributed by atoms with E-state index < -0.39 is 5.67 Å². The Morgan fingerprint density at radius 2 is 1.71 bits per heavy atom. The number of amides is 1. The van der Waals surface area contributed by atoms with Crippen LogP contribution in [-0.4, -0.2) is 76.9 Å². The number of hydrogen-bond donors (Lipinski definition) is 0. The molecule has 6 nitrogen and oxygen atoms in total. The van der Waals surface area contributed by atoms with Crippen molar-refractivity contribution in [3.63, 3.8) is 0 Å². The second-order valence-electron chi connectivity index (χ2n) is 9.40. The van der Waals surface area contributed by atoms with Crippen LogP contribution in [-0.2, 0) is 11.3 Å². The Hall–Kier alpha value is -3.10. The SMILES string of the molecule is O=C(c1cncn1Cc1ccccc1-c1ccc(F)cc1)N1CCC(F)(CN2CCOCC2)CC1. The summed E-state index contributed by atoms with van der Waals surface area (Å²) < 4.78 is 36.1. The Morgan fingerprint density at radius 1 is 1.00 bits per heavy atom. The van der Waals surface area contributed by atoms with E-state index in [1.54, 1.807) is 29.6 Å². The molecule has 2 aliphatic heterocycles. The molecule has 2 aliphatic rings. The first kappa shape index (κ1) is 23.6. The molecule has 2 fully saturated rings. The number of benzene rings is 2. The molecule has 8 heteroatoms. The van der Waals surface area contributed by atoms with E-state index >= 15 is 4.39 Å². The second-order valence-corrected chi connectivity index (χ2v) is 9.40. The molecule has 3 heterocycles. The van der Waals surface area contributed by atoms with Gasteiger partial charge in [0, 0.05) is 52.1 Å². The quantitative estimate of drug-likeness (QED) is 0.535. The largest absolute Gasteiger partial charge is 0.379 e. The van der Waals surface area contributed by atoms with Gasteiger partial charge in [-0.1, -0.05) is 36.4 Å². The smallest absolute Gasteiger partial charge is 0.272 e. The predicted molar refractivity (Wildman–Crippen MR) is 129 cm³/mol. The normalized spacial score (nSPS) is 18.5. The third-order valence-electron chi connectivity index (χ3n) is 7.00. The Labute approximate surface area is 204 Å². The van der Waals surface area contributed by atoms with Crippen LogP contribution in [0.1, 0.15) is 28.9 Å². The van der Waals surface area contributed by atoms with Crippen LogP contribution in [0.25, 0.3) is 11.1 Å². The van der Waals surface area contributed by atoms with Gasteiger partial charge in [0.15, 0.2) is 0 Å². The number of alkyl halides is 1. The summed E-state index contributed by atoms with van der Waals surface area (Å²) in [5.74, 6) is -0.410. The van der Waals surface area contributed by atoms with E-state index in [4.69, 9.17) is 4.74 Å². The number of morpholine rings is 1. The van der Waals surface area contributed by atoms with E-state index in [1.807, 2.05) is 28.8 Å². The van der Waals surface area contributed by atoms with Gasteiger partial charge in [-0.05, 0) is 28.8 Å². The maximum Gasteiger partial charge on any atom is 0.272 e. The van der Waals surface area contributed by atoms with E-state index in [-0.39, 0.29) is 11.7 Å². The van der Waals surface area contributed by atoms with Crippen LogP contribution < -0.4 is 0 Å². The molecule has 1 amide bonds. The molecule has 2 aromatic carbocycles. The van der Waals surface area contributed by atoms with Crippen molar-refractivity contribution in [3.05, 3.63) is 78.1 Å². The highest BCUT2D eigenvalue weighted by molar-refractivity contribution is 5.92. The standard InChI is InChI=1S/C27H30F2N4O2/c28-23-7-5-21(6-8-23)24-4-2-1-3-22(24)18-33-20-30-17-25(33)26(34)32-11-9-27(29,10-12-32)19-31-13-15-35-16-14-31/h1-8,17,20H,9-16,18-19H2. The highest BCUT2D eigenvalue weighted by Gasteiger charge is 2.38. The zero-order chi connectivity index (χ0) is 24.3. The van der Waals surface area contributed by atoms with Crippen LogP contribution >= 0.6 is 0 Å². The third kappa shape index (κ3) is 5.44. The summed E-state index contributed by atoms with van der Waals surface area (Å²) in [6.07, 6.45) is 3.89. The molecule has 0 radical (unpaired) electrons. The predicted octanol–water partition coefficient (Wildman–Crippen LogP) is 4.01. The van der Waals surface area contributed by atoms with E-state index in [1.165, 1.54) is 12.1 Å². The number of likely N-dealkylation sites (tertiary alicyclic amines) is 1. The van der Waals surface area contributed by atoms with Crippen molar-refractivity contribution in [3.8, 4) is 11.1 Å². The van der Waals surface area contributed by atoms with Crippen LogP contribution in [0.5, 0.6) is 0 Å². The first-order chi connectivity index (χ1) is 17.0. The third-order valence-corrected chi connectivity index (χ3v) is 7.00. The number of rotatable bonds is 6. The van der Waals surface area contributed by atoms with E-state index in [0.717, 1.165) is 29.8 Å². The van der Waals surface area contributed by atoms with Gasteiger partial charge in [-0.3, -0.25) is 9.69 Å². The number of ether oxygens (including phenoxy) is 1. The van der Waals surface area contributed by atoms with Gasteiger partial charge < -0.3 is 14.2 Å². The summed E-state index contributed by atoms with van der Waals surface area (Å²) in [5.41, 5.74) is 2.09. The average Bonchev–Trinajstić information content (AvgIpc) is 3.33. The lowest BCUT2D eigenvalue weighted by atomic mass is 9.92. The van der Waals surface area contributed by atoms with Crippen molar-refractivity contribution >= 4 is 5.91 Å². The van der Waals surface area contributed by atoms with Crippen LogP contribution in [0.15, 0.2) is 61.1 Å². The van der Waals surface area contributed by atoms with E-state index in [2.05, 4.69) is 9.88 Å². The molecule has 184 valence electrons. The maximum absolute atomic E-state index is 15.5. The fourth-order valence-corrected chi connectivity index (χ4v) is 4.97. The molecule has 0 saturated carbocycles. The average molecular weight is 481 g/mol. The van der Waals surface area contributed by atoms with Gasteiger partial charge in [0.2, 0.25) is 0 Å². The Bertz CT molecular complexity index is 1150. The van der Waals surface area contributed by atoms with E-state index in [0.29, 0.717) is 57.9 Å². The highest BCUT2D eigenvalue weighted by Crippen LogP contribution is 2.29. The number of carbonyl (C=O) groups is 1. The van der Waals surface area contributed by atoms with Crippen molar-refractivity contribution in [2.45, 2.75) is 25.1 Å². The number of halogens is 2. The topological polar surface area (TPSA) is 50.6 Å². The summed E-state index contributed by atoms with van der Waals surface area (Å²) in [6.45, 7) is 4.43. The molecule has 3 aromatic rings. The minimum atomic E-state index is -1.28. The van der Waals surface area contributed by atoms with Crippen LogP contribution in [0.3, 0.4) is 0 Å². The fraction of sp³-hybridized carbons (Fsp3) is 0.407. The molecule has 2 saturated heterocycles. The Morgan fingerprint density at radius 3 is 2.46 bits per heavy atom. The molecule has 0 aliphatic carbocycles. The summed E-state index contributed by atoms with van der Waals surface area (Å²) in [4.78, 5) is 21.4. The summed E-state index contributed by atoms with van der Waals surface area (Å²) in [6, 6.07) is 14.3. The second kappa shape index (κ2) is 10.3. The molecule has 1 aromatic heterocycles. The highest BCUT2D eigenvalue weighted by atomic mass is 19.1. The van der Waals surface area contributed by atoms with Crippen LogP contribution in [0.4, 0.5) is 8.78 Å². The Kier molecular flexibility index (Phi) is 6.92. The van der Waals surface area contributed by atoms with Gasteiger partial charge in [0.1, 0.15) is 17.2 Å². The lowest BCUT2D eigenvalue weighted by Crippen LogP contribution is -2.51. The van der Waals surface area contributed by atoms with Crippen LogP contribution in [0.2, 0.25) is 0 Å². The molecule has 0 spiro atoms. The molecule has 5 rings (SSSR count). The summed E-state index contributed by atoms with van der Waals surface area (Å²) in [5, 5.41) is 0. The van der Waals surface area contributed by atoms with Crippen molar-refractivity contribution in [2.24, 2.45) is 0 Å². The first-order valence-corrected chi connectivity index (χ1v) is 12.1. The monoisotopic (exact) mass is 480 g/mol. The Balaban J connectivity index is 1.26. The summed E-state index contributed by atoms with van der Waals surface area (Å²) in [7, 11) is 0. The van der Waals surface area contributed by atoms with Gasteiger partial charge in [0.25, 0.3) is 5.91 Å². The molecule has 0 N–H and O–H groups in total. The van der Waals surface area contributed by atoms with Crippen molar-refractivity contribution in [1.29, 1.82) is 0 Å². The van der Waals surface area contributed by atoms with Gasteiger partial charge in [-0.15, -0.1) is 0 Å². The number of piperidine rings is 1. The zero-order valence-corrected chi connectivity index (χ0v) is 19.7. The molecular weight excluding hydrogens is 450 g/mol. The van der Waals surface area contributed by atoms with Gasteiger partial charge in [-0.2, -0.15) is 0 Å². The number of carbonyl (C=O) groups excluding carboxylic acids is 1. The van der Waals surface area contributed by atoms with Gasteiger partial charge in [0.05, 0.1) is 25.7 Å².